The van der Waals surface area contributed by atoms with E-state index in [1.54, 1.807) is 4.31 Å². The fourth-order valence-electron chi connectivity index (χ4n) is 1.99. The third-order valence-electron chi connectivity index (χ3n) is 2.92. The Kier molecular flexibility index (Phi) is 1.51. The van der Waals surface area contributed by atoms with Crippen molar-refractivity contribution < 1.29 is 8.42 Å². The van der Waals surface area contributed by atoms with Gasteiger partial charge in [0.2, 0.25) is 10.0 Å². The lowest BCUT2D eigenvalue weighted by molar-refractivity contribution is 0.243. The number of hydrogen-bond donors (Lipinski definition) is 0. The van der Waals surface area contributed by atoms with Gasteiger partial charge in [-0.15, -0.1) is 0 Å². The predicted molar refractivity (Wildman–Crippen MR) is 42.6 cm³/mol. The summed E-state index contributed by atoms with van der Waals surface area (Å²) >= 11 is 0. The zero-order valence-electron chi connectivity index (χ0n) is 6.66. The SMILES string of the molecule is CS(=O)(=O)N1CC2CCC2C1. The van der Waals surface area contributed by atoms with Crippen molar-refractivity contribution in [1.82, 2.24) is 4.31 Å². The van der Waals surface area contributed by atoms with E-state index >= 15 is 0 Å². The molecule has 1 aliphatic carbocycles. The topological polar surface area (TPSA) is 37.4 Å². The second-order valence-corrected chi connectivity index (χ2v) is 5.66. The van der Waals surface area contributed by atoms with Crippen molar-refractivity contribution >= 4 is 10.0 Å². The van der Waals surface area contributed by atoms with Crippen molar-refractivity contribution in [1.29, 1.82) is 0 Å². The van der Waals surface area contributed by atoms with Crippen LogP contribution in [0, 0.1) is 11.8 Å². The summed E-state index contributed by atoms with van der Waals surface area (Å²) in [5.41, 5.74) is 0. The van der Waals surface area contributed by atoms with Gasteiger partial charge in [0.25, 0.3) is 0 Å². The standard InChI is InChI=1S/C7H13NO2S/c1-11(9,10)8-4-6-2-3-7(6)5-8/h6-7H,2-5H2,1H3. The van der Waals surface area contributed by atoms with Gasteiger partial charge in [-0.25, -0.2) is 12.7 Å². The molecule has 2 unspecified atom stereocenters. The quantitative estimate of drug-likeness (QED) is 0.574. The Morgan fingerprint density at radius 2 is 1.64 bits per heavy atom. The average molecular weight is 175 g/mol. The molecule has 0 aromatic rings. The maximum atomic E-state index is 11.1. The van der Waals surface area contributed by atoms with Gasteiger partial charge >= 0.3 is 0 Å². The molecule has 0 aromatic carbocycles. The maximum Gasteiger partial charge on any atom is 0.211 e. The summed E-state index contributed by atoms with van der Waals surface area (Å²) in [6.07, 6.45) is 3.77. The van der Waals surface area contributed by atoms with Crippen molar-refractivity contribution in [3.8, 4) is 0 Å². The minimum Gasteiger partial charge on any atom is -0.213 e. The van der Waals surface area contributed by atoms with Crippen LogP contribution in [0.4, 0.5) is 0 Å². The Morgan fingerprint density at radius 3 is 1.91 bits per heavy atom. The van der Waals surface area contributed by atoms with Crippen molar-refractivity contribution in [2.75, 3.05) is 19.3 Å². The maximum absolute atomic E-state index is 11.1. The van der Waals surface area contributed by atoms with Crippen LogP contribution >= 0.6 is 0 Å². The molecule has 0 spiro atoms. The van der Waals surface area contributed by atoms with Crippen LogP contribution in [0.15, 0.2) is 0 Å². The van der Waals surface area contributed by atoms with E-state index < -0.39 is 10.0 Å². The van der Waals surface area contributed by atoms with E-state index in [1.165, 1.54) is 19.1 Å². The molecule has 2 fully saturated rings. The Labute approximate surface area is 67.4 Å². The molecule has 2 atom stereocenters. The van der Waals surface area contributed by atoms with E-state index in [0.717, 1.165) is 13.1 Å². The van der Waals surface area contributed by atoms with Gasteiger partial charge in [0.15, 0.2) is 0 Å². The molecule has 1 heterocycles. The molecule has 3 nitrogen and oxygen atoms in total. The zero-order chi connectivity index (χ0) is 8.06. The molecule has 1 aliphatic heterocycles. The lowest BCUT2D eigenvalue weighted by atomic mass is 9.77. The highest BCUT2D eigenvalue weighted by atomic mass is 32.2. The van der Waals surface area contributed by atoms with Crippen LogP contribution < -0.4 is 0 Å². The van der Waals surface area contributed by atoms with Crippen molar-refractivity contribution in [3.63, 3.8) is 0 Å². The average Bonchev–Trinajstić information content (AvgIpc) is 2.06. The van der Waals surface area contributed by atoms with Crippen LogP contribution in [-0.4, -0.2) is 32.1 Å². The lowest BCUT2D eigenvalue weighted by Gasteiger charge is -2.27. The summed E-state index contributed by atoms with van der Waals surface area (Å²) in [6.45, 7) is 1.56. The first-order valence-electron chi connectivity index (χ1n) is 4.02. The largest absolute Gasteiger partial charge is 0.213 e. The Balaban J connectivity index is 2.10. The van der Waals surface area contributed by atoms with Gasteiger partial charge in [-0.2, -0.15) is 0 Å². The van der Waals surface area contributed by atoms with Crippen molar-refractivity contribution in [2.45, 2.75) is 12.8 Å². The molecule has 0 amide bonds. The van der Waals surface area contributed by atoms with E-state index in [2.05, 4.69) is 0 Å². The molecule has 1 saturated heterocycles. The molecule has 11 heavy (non-hydrogen) atoms. The summed E-state index contributed by atoms with van der Waals surface area (Å²) in [6, 6.07) is 0. The van der Waals surface area contributed by atoms with Crippen LogP contribution in [0.5, 0.6) is 0 Å². The molecule has 2 rings (SSSR count). The van der Waals surface area contributed by atoms with Crippen molar-refractivity contribution in [3.05, 3.63) is 0 Å². The van der Waals surface area contributed by atoms with Crippen LogP contribution in [-0.2, 0) is 10.0 Å². The van der Waals surface area contributed by atoms with Gasteiger partial charge in [-0.3, -0.25) is 0 Å². The zero-order valence-corrected chi connectivity index (χ0v) is 7.47. The summed E-state index contributed by atoms with van der Waals surface area (Å²) < 4.78 is 23.8. The molecule has 1 saturated carbocycles. The van der Waals surface area contributed by atoms with Crippen LogP contribution in [0.3, 0.4) is 0 Å². The van der Waals surface area contributed by atoms with E-state index in [1.807, 2.05) is 0 Å². The van der Waals surface area contributed by atoms with E-state index in [-0.39, 0.29) is 0 Å². The Morgan fingerprint density at radius 1 is 1.18 bits per heavy atom. The third kappa shape index (κ3) is 1.18. The molecule has 2 aliphatic rings. The Bertz CT molecular complexity index is 248. The molecule has 4 heteroatoms. The van der Waals surface area contributed by atoms with Crippen LogP contribution in [0.1, 0.15) is 12.8 Å². The number of hydrogen-bond acceptors (Lipinski definition) is 2. The highest BCUT2D eigenvalue weighted by molar-refractivity contribution is 7.88. The van der Waals surface area contributed by atoms with Gasteiger partial charge in [0, 0.05) is 13.1 Å². The first-order valence-corrected chi connectivity index (χ1v) is 5.87. The second-order valence-electron chi connectivity index (χ2n) is 3.68. The van der Waals surface area contributed by atoms with Gasteiger partial charge in [-0.1, -0.05) is 0 Å². The molecule has 0 aromatic heterocycles. The monoisotopic (exact) mass is 175 g/mol. The molecular formula is C7H13NO2S. The Hall–Kier alpha value is -0.0900. The first-order chi connectivity index (χ1) is 5.07. The molecule has 0 bridgehead atoms. The van der Waals surface area contributed by atoms with Gasteiger partial charge in [0.1, 0.15) is 0 Å². The molecule has 64 valence electrons. The van der Waals surface area contributed by atoms with Gasteiger partial charge in [-0.05, 0) is 24.7 Å². The molecule has 0 N–H and O–H groups in total. The minimum atomic E-state index is -2.90. The van der Waals surface area contributed by atoms with Crippen molar-refractivity contribution in [2.24, 2.45) is 11.8 Å². The lowest BCUT2D eigenvalue weighted by Crippen LogP contribution is -2.27. The highest BCUT2D eigenvalue weighted by Gasteiger charge is 2.42. The summed E-state index contributed by atoms with van der Waals surface area (Å²) in [4.78, 5) is 0. The predicted octanol–water partition coefficient (Wildman–Crippen LogP) is 0.288. The van der Waals surface area contributed by atoms with Gasteiger partial charge < -0.3 is 0 Å². The second kappa shape index (κ2) is 2.20. The molecule has 0 radical (unpaired) electrons. The van der Waals surface area contributed by atoms with E-state index in [0.29, 0.717) is 11.8 Å². The summed E-state index contributed by atoms with van der Waals surface area (Å²) in [5, 5.41) is 0. The number of fused-ring (bicyclic) bond motifs is 1. The summed E-state index contributed by atoms with van der Waals surface area (Å²) in [7, 11) is -2.90. The first kappa shape index (κ1) is 7.55. The van der Waals surface area contributed by atoms with Crippen LogP contribution in [0.25, 0.3) is 0 Å². The third-order valence-corrected chi connectivity index (χ3v) is 4.16. The normalized spacial score (nSPS) is 38.3. The summed E-state index contributed by atoms with van der Waals surface area (Å²) in [5.74, 6) is 1.37. The minimum absolute atomic E-state index is 0.685. The molecular weight excluding hydrogens is 162 g/mol. The smallest absolute Gasteiger partial charge is 0.211 e. The number of nitrogens with zero attached hydrogens (tertiary/aromatic N) is 1. The fourth-order valence-corrected chi connectivity index (χ4v) is 2.91. The fraction of sp³-hybridized carbons (Fsp3) is 1.00. The van der Waals surface area contributed by atoms with E-state index in [4.69, 9.17) is 0 Å². The van der Waals surface area contributed by atoms with Crippen LogP contribution in [0.2, 0.25) is 0 Å². The van der Waals surface area contributed by atoms with E-state index in [9.17, 15) is 8.42 Å². The number of rotatable bonds is 1. The van der Waals surface area contributed by atoms with Gasteiger partial charge in [0.05, 0.1) is 6.26 Å². The highest BCUT2D eigenvalue weighted by Crippen LogP contribution is 2.40. The number of sulfonamides is 1.